The molecule has 0 fully saturated rings. The van der Waals surface area contributed by atoms with E-state index >= 15 is 0 Å². The molecule has 0 aliphatic carbocycles. The van der Waals surface area contributed by atoms with Gasteiger partial charge in [0, 0.05) is 31.6 Å². The molecule has 4 nitrogen and oxygen atoms in total. The smallest absolute Gasteiger partial charge is 0.191 e. The molecule has 2 N–H and O–H groups in total. The molecular formula is C15H25FIN3OS. The number of aliphatic imine (C=N–C) groups is 1. The number of halogens is 2. The molecule has 0 aliphatic rings. The number of thioether (sulfide) groups is 1. The van der Waals surface area contributed by atoms with Gasteiger partial charge in [0.05, 0.1) is 6.61 Å². The van der Waals surface area contributed by atoms with Crippen LogP contribution in [-0.4, -0.2) is 45.1 Å². The maximum atomic E-state index is 12.8. The number of nitrogens with zero attached hydrogens (tertiary/aromatic N) is 1. The van der Waals surface area contributed by atoms with Crippen molar-refractivity contribution >= 4 is 41.7 Å². The van der Waals surface area contributed by atoms with Gasteiger partial charge in [-0.3, -0.25) is 4.99 Å². The van der Waals surface area contributed by atoms with Gasteiger partial charge < -0.3 is 15.4 Å². The van der Waals surface area contributed by atoms with Gasteiger partial charge in [0.25, 0.3) is 0 Å². The van der Waals surface area contributed by atoms with Crippen LogP contribution in [0.3, 0.4) is 0 Å². The zero-order chi connectivity index (χ0) is 15.3. The molecule has 0 aromatic heterocycles. The fraction of sp³-hybridized carbons (Fsp3) is 0.533. The van der Waals surface area contributed by atoms with Gasteiger partial charge in [0.1, 0.15) is 5.82 Å². The van der Waals surface area contributed by atoms with Gasteiger partial charge in [0.2, 0.25) is 0 Å². The van der Waals surface area contributed by atoms with Gasteiger partial charge >= 0.3 is 0 Å². The second-order valence-electron chi connectivity index (χ2n) is 4.28. The first kappa shape index (κ1) is 21.5. The summed E-state index contributed by atoms with van der Waals surface area (Å²) in [6.07, 6.45) is 1.01. The highest BCUT2D eigenvalue weighted by atomic mass is 127. The fourth-order valence-electron chi connectivity index (χ4n) is 1.61. The maximum Gasteiger partial charge on any atom is 0.191 e. The minimum absolute atomic E-state index is 0. The normalized spacial score (nSPS) is 11.0. The van der Waals surface area contributed by atoms with Crippen molar-refractivity contribution in [1.29, 1.82) is 0 Å². The zero-order valence-corrected chi connectivity index (χ0v) is 16.2. The Morgan fingerprint density at radius 2 is 1.91 bits per heavy atom. The first-order valence-corrected chi connectivity index (χ1v) is 8.15. The summed E-state index contributed by atoms with van der Waals surface area (Å²) in [4.78, 5) is 5.23. The molecule has 0 radical (unpaired) electrons. The Kier molecular flexibility index (Phi) is 13.7. The SMILES string of the molecule is CCOCCNC(=NC)NCCCSc1ccc(F)cc1.I. The summed E-state index contributed by atoms with van der Waals surface area (Å²) in [6.45, 7) is 4.98. The summed E-state index contributed by atoms with van der Waals surface area (Å²) in [5.74, 6) is 1.58. The highest BCUT2D eigenvalue weighted by Crippen LogP contribution is 2.18. The first-order chi connectivity index (χ1) is 10.3. The van der Waals surface area contributed by atoms with Crippen molar-refractivity contribution in [3.8, 4) is 0 Å². The summed E-state index contributed by atoms with van der Waals surface area (Å²) in [7, 11) is 1.75. The second kappa shape index (κ2) is 14.1. The number of guanidine groups is 1. The lowest BCUT2D eigenvalue weighted by molar-refractivity contribution is 0.152. The Labute approximate surface area is 153 Å². The molecule has 126 valence electrons. The predicted octanol–water partition coefficient (Wildman–Crippen LogP) is 3.13. The molecule has 7 heteroatoms. The second-order valence-corrected chi connectivity index (χ2v) is 5.45. The number of benzene rings is 1. The molecule has 1 rings (SSSR count). The molecule has 0 unspecified atom stereocenters. The largest absolute Gasteiger partial charge is 0.380 e. The van der Waals surface area contributed by atoms with E-state index in [-0.39, 0.29) is 29.8 Å². The lowest BCUT2D eigenvalue weighted by Gasteiger charge is -2.11. The summed E-state index contributed by atoms with van der Waals surface area (Å²) in [6, 6.07) is 6.60. The van der Waals surface area contributed by atoms with Crippen LogP contribution in [0.4, 0.5) is 4.39 Å². The number of ether oxygens (including phenoxy) is 1. The standard InChI is InChI=1S/C15H24FN3OS.HI/c1-3-20-11-10-19-15(17-2)18-9-4-12-21-14-7-5-13(16)6-8-14;/h5-8H,3-4,9-12H2,1-2H3,(H2,17,18,19);1H. The summed E-state index contributed by atoms with van der Waals surface area (Å²) < 4.78 is 18.0. The van der Waals surface area contributed by atoms with Crippen LogP contribution in [-0.2, 0) is 4.74 Å². The van der Waals surface area contributed by atoms with Gasteiger partial charge in [-0.1, -0.05) is 0 Å². The van der Waals surface area contributed by atoms with Gasteiger partial charge in [-0.2, -0.15) is 0 Å². The Bertz CT molecular complexity index is 418. The molecular weight excluding hydrogens is 416 g/mol. The van der Waals surface area contributed by atoms with Crippen LogP contribution in [0.5, 0.6) is 0 Å². The number of nitrogens with one attached hydrogen (secondary N) is 2. The Balaban J connectivity index is 0.00000441. The Morgan fingerprint density at radius 3 is 2.55 bits per heavy atom. The van der Waals surface area contributed by atoms with Crippen LogP contribution >= 0.6 is 35.7 Å². The maximum absolute atomic E-state index is 12.8. The van der Waals surface area contributed by atoms with Crippen molar-refractivity contribution in [1.82, 2.24) is 10.6 Å². The summed E-state index contributed by atoms with van der Waals surface area (Å²) in [5.41, 5.74) is 0. The molecule has 1 aromatic carbocycles. The third-order valence-electron chi connectivity index (χ3n) is 2.66. The molecule has 1 aromatic rings. The van der Waals surface area contributed by atoms with E-state index in [0.29, 0.717) is 6.61 Å². The first-order valence-electron chi connectivity index (χ1n) is 7.17. The highest BCUT2D eigenvalue weighted by Gasteiger charge is 1.98. The predicted molar refractivity (Wildman–Crippen MR) is 103 cm³/mol. The van der Waals surface area contributed by atoms with E-state index in [9.17, 15) is 4.39 Å². The lowest BCUT2D eigenvalue weighted by atomic mass is 10.4. The van der Waals surface area contributed by atoms with Crippen molar-refractivity contribution in [3.63, 3.8) is 0 Å². The van der Waals surface area contributed by atoms with E-state index in [1.54, 1.807) is 18.8 Å². The zero-order valence-electron chi connectivity index (χ0n) is 13.1. The van der Waals surface area contributed by atoms with Gasteiger partial charge in [-0.15, -0.1) is 35.7 Å². The van der Waals surface area contributed by atoms with Crippen LogP contribution < -0.4 is 10.6 Å². The van der Waals surface area contributed by atoms with Crippen LogP contribution in [0.15, 0.2) is 34.2 Å². The van der Waals surface area contributed by atoms with Crippen molar-refractivity contribution < 1.29 is 9.13 Å². The van der Waals surface area contributed by atoms with E-state index in [4.69, 9.17) is 4.74 Å². The molecule has 0 saturated carbocycles. The van der Waals surface area contributed by atoms with Crippen molar-refractivity contribution in [2.24, 2.45) is 4.99 Å². The third kappa shape index (κ3) is 10.2. The molecule has 0 bridgehead atoms. The average Bonchev–Trinajstić information content (AvgIpc) is 2.51. The third-order valence-corrected chi connectivity index (χ3v) is 3.76. The topological polar surface area (TPSA) is 45.6 Å². The number of hydrogen-bond acceptors (Lipinski definition) is 3. The summed E-state index contributed by atoms with van der Waals surface area (Å²) >= 11 is 1.73. The van der Waals surface area contributed by atoms with E-state index in [2.05, 4.69) is 15.6 Å². The van der Waals surface area contributed by atoms with Crippen molar-refractivity contribution in [2.75, 3.05) is 39.1 Å². The molecule has 0 heterocycles. The highest BCUT2D eigenvalue weighted by molar-refractivity contribution is 14.0. The van der Waals surface area contributed by atoms with Crippen molar-refractivity contribution in [2.45, 2.75) is 18.2 Å². The molecule has 0 spiro atoms. The molecule has 0 atom stereocenters. The number of hydrogen-bond donors (Lipinski definition) is 2. The van der Waals surface area contributed by atoms with Crippen LogP contribution in [0.2, 0.25) is 0 Å². The minimum atomic E-state index is -0.192. The van der Waals surface area contributed by atoms with Crippen LogP contribution in [0.1, 0.15) is 13.3 Å². The Morgan fingerprint density at radius 1 is 1.23 bits per heavy atom. The Hall–Kier alpha value is -0.540. The van der Waals surface area contributed by atoms with Gasteiger partial charge in [0.15, 0.2) is 5.96 Å². The average molecular weight is 441 g/mol. The van der Waals surface area contributed by atoms with Gasteiger partial charge in [-0.05, 0) is 43.4 Å². The van der Waals surface area contributed by atoms with E-state index < -0.39 is 0 Å². The summed E-state index contributed by atoms with van der Waals surface area (Å²) in [5, 5.41) is 6.44. The molecule has 22 heavy (non-hydrogen) atoms. The fourth-order valence-corrected chi connectivity index (χ4v) is 2.46. The molecule has 0 saturated heterocycles. The monoisotopic (exact) mass is 441 g/mol. The minimum Gasteiger partial charge on any atom is -0.380 e. The quantitative estimate of drug-likeness (QED) is 0.203. The molecule has 0 amide bonds. The van der Waals surface area contributed by atoms with Crippen LogP contribution in [0.25, 0.3) is 0 Å². The van der Waals surface area contributed by atoms with E-state index in [0.717, 1.165) is 42.7 Å². The van der Waals surface area contributed by atoms with Crippen LogP contribution in [0, 0.1) is 5.82 Å². The molecule has 0 aliphatic heterocycles. The van der Waals surface area contributed by atoms with Gasteiger partial charge in [-0.25, -0.2) is 4.39 Å². The van der Waals surface area contributed by atoms with Crippen molar-refractivity contribution in [3.05, 3.63) is 30.1 Å². The van der Waals surface area contributed by atoms with E-state index in [1.807, 2.05) is 19.1 Å². The van der Waals surface area contributed by atoms with E-state index in [1.165, 1.54) is 12.1 Å². The lowest BCUT2D eigenvalue weighted by Crippen LogP contribution is -2.39. The number of rotatable bonds is 9.